The molecule has 0 unspecified atom stereocenters. The number of hydrogen-bond acceptors (Lipinski definition) is 8. The van der Waals surface area contributed by atoms with E-state index in [-0.39, 0.29) is 17.0 Å². The molecule has 2 fully saturated rings. The van der Waals surface area contributed by atoms with Crippen LogP contribution in [-0.4, -0.2) is 103 Å². The van der Waals surface area contributed by atoms with Gasteiger partial charge < -0.3 is 14.9 Å². The van der Waals surface area contributed by atoms with E-state index >= 15 is 0 Å². The number of piperidine rings is 1. The lowest BCUT2D eigenvalue weighted by molar-refractivity contribution is -0.0102. The number of aromatic nitrogens is 4. The van der Waals surface area contributed by atoms with Crippen molar-refractivity contribution in [2.75, 3.05) is 39.8 Å². The number of likely N-dealkylation sites (N-methyl/N-ethyl adjacent to an activating group) is 1. The van der Waals surface area contributed by atoms with Gasteiger partial charge in [0.15, 0.2) is 0 Å². The topological polar surface area (TPSA) is 116 Å². The first-order chi connectivity index (χ1) is 16.9. The summed E-state index contributed by atoms with van der Waals surface area (Å²) < 4.78 is 0. The Kier molecular flexibility index (Phi) is 8.73. The molecule has 196 valence electrons. The molecule has 4 rings (SSSR count). The lowest BCUT2D eigenvalue weighted by Gasteiger charge is -2.51. The van der Waals surface area contributed by atoms with Crippen LogP contribution in [0, 0.1) is 27.7 Å². The predicted octanol–water partition coefficient (Wildman–Crippen LogP) is 2.52. The van der Waals surface area contributed by atoms with Crippen LogP contribution in [-0.2, 0) is 0 Å². The molecule has 0 bridgehead atoms. The maximum Gasteiger partial charge on any atom is 0.339 e. The molecular weight excluding hydrogens is 458 g/mol. The smallest absolute Gasteiger partial charge is 0.339 e. The van der Waals surface area contributed by atoms with E-state index in [2.05, 4.69) is 50.6 Å². The first kappa shape index (κ1) is 27.6. The highest BCUT2D eigenvalue weighted by atomic mass is 16.4. The zero-order chi connectivity index (χ0) is 26.6. The fourth-order valence-electron chi connectivity index (χ4n) is 5.01. The van der Waals surface area contributed by atoms with Gasteiger partial charge in [-0.3, -0.25) is 9.69 Å². The van der Waals surface area contributed by atoms with Crippen LogP contribution in [0.3, 0.4) is 0 Å². The van der Waals surface area contributed by atoms with Crippen LogP contribution in [0.4, 0.5) is 0 Å². The van der Waals surface area contributed by atoms with E-state index in [0.29, 0.717) is 23.0 Å². The number of piperazine rings is 1. The molecular formula is C26H39N7O3. The van der Waals surface area contributed by atoms with E-state index in [1.165, 1.54) is 12.7 Å². The second-order valence-corrected chi connectivity index (χ2v) is 10.2. The molecule has 10 heteroatoms. The third-order valence-electron chi connectivity index (χ3n) is 7.73. The van der Waals surface area contributed by atoms with Gasteiger partial charge in [0.2, 0.25) is 0 Å². The van der Waals surface area contributed by atoms with E-state index < -0.39 is 5.97 Å². The van der Waals surface area contributed by atoms with Gasteiger partial charge in [0.1, 0.15) is 18.2 Å². The number of carboxylic acid groups (broad SMARTS) is 1. The maximum absolute atomic E-state index is 12.9. The van der Waals surface area contributed by atoms with Gasteiger partial charge in [0.25, 0.3) is 5.91 Å². The quantitative estimate of drug-likeness (QED) is 0.683. The molecule has 2 aromatic rings. The average molecular weight is 498 g/mol. The van der Waals surface area contributed by atoms with Crippen LogP contribution in [0.2, 0.25) is 0 Å². The lowest BCUT2D eigenvalue weighted by Crippen LogP contribution is -2.61. The number of nitrogens with zero attached hydrogens (tertiary/aromatic N) is 7. The van der Waals surface area contributed by atoms with Crippen molar-refractivity contribution in [1.82, 2.24) is 34.6 Å². The molecule has 0 saturated carbocycles. The number of hydrogen-bond donors (Lipinski definition) is 1. The Hall–Kier alpha value is -2.98. The first-order valence-corrected chi connectivity index (χ1v) is 12.5. The zero-order valence-electron chi connectivity index (χ0n) is 22.6. The van der Waals surface area contributed by atoms with Gasteiger partial charge in [0.05, 0.1) is 28.3 Å². The number of aryl methyl sites for hydroxylation is 4. The van der Waals surface area contributed by atoms with E-state index in [9.17, 15) is 9.59 Å². The number of rotatable bonds is 3. The molecule has 2 aliphatic rings. The minimum absolute atomic E-state index is 0.0874. The van der Waals surface area contributed by atoms with E-state index in [4.69, 9.17) is 5.11 Å². The minimum atomic E-state index is -0.972. The number of amides is 1. The van der Waals surface area contributed by atoms with Crippen LogP contribution in [0.15, 0.2) is 12.7 Å². The molecule has 1 amide bonds. The molecule has 2 aromatic heterocycles. The number of carboxylic acids is 1. The normalized spacial score (nSPS) is 20.4. The second kappa shape index (κ2) is 11.4. The number of carbonyl (C=O) groups excluding carboxylic acids is 1. The van der Waals surface area contributed by atoms with Gasteiger partial charge in [-0.05, 0) is 61.4 Å². The zero-order valence-corrected chi connectivity index (χ0v) is 22.6. The summed E-state index contributed by atoms with van der Waals surface area (Å²) in [6.07, 6.45) is 4.95. The monoisotopic (exact) mass is 497 g/mol. The van der Waals surface area contributed by atoms with Crippen molar-refractivity contribution in [3.63, 3.8) is 0 Å². The van der Waals surface area contributed by atoms with E-state index in [1.807, 2.05) is 18.7 Å². The Bertz CT molecular complexity index is 1060. The summed E-state index contributed by atoms with van der Waals surface area (Å²) in [6.45, 7) is 16.7. The van der Waals surface area contributed by atoms with Crippen molar-refractivity contribution < 1.29 is 14.7 Å². The SMILES string of the molecule is Cc1ncnc(C)c1C(=O)N1CCC(C)(N2CCN(C)[C@@H](C)C2)CC1.Cc1ncnc(C)c1C(=O)O. The van der Waals surface area contributed by atoms with Crippen LogP contribution in [0.5, 0.6) is 0 Å². The molecule has 1 N–H and O–H groups in total. The Labute approximate surface area is 213 Å². The fraction of sp³-hybridized carbons (Fsp3) is 0.615. The second-order valence-electron chi connectivity index (χ2n) is 10.2. The molecule has 0 aliphatic carbocycles. The standard InChI is InChI=1S/C19H31N5O.C7H8N2O2/c1-14-12-24(11-10-22(14)5)19(4)6-8-23(9-7-19)18(25)17-15(2)20-13-21-16(17)3;1-4-6(7(10)11)5(2)9-3-8-4/h13-14H,6-12H2,1-5H3;3H,1-2H3,(H,10,11)/t14-;/m0./s1. The van der Waals surface area contributed by atoms with E-state index in [0.717, 1.165) is 57.0 Å². The van der Waals surface area contributed by atoms with Crippen molar-refractivity contribution >= 4 is 11.9 Å². The highest BCUT2D eigenvalue weighted by molar-refractivity contribution is 5.96. The molecule has 1 atom stereocenters. The average Bonchev–Trinajstić information content (AvgIpc) is 2.81. The molecule has 4 heterocycles. The molecule has 36 heavy (non-hydrogen) atoms. The van der Waals surface area contributed by atoms with Gasteiger partial charge in [-0.1, -0.05) is 0 Å². The van der Waals surface area contributed by atoms with Crippen molar-refractivity contribution in [1.29, 1.82) is 0 Å². The largest absolute Gasteiger partial charge is 0.478 e. The van der Waals surface area contributed by atoms with Crippen molar-refractivity contribution in [2.45, 2.75) is 66.0 Å². The Morgan fingerprint density at radius 1 is 0.861 bits per heavy atom. The summed E-state index contributed by atoms with van der Waals surface area (Å²) in [6, 6.07) is 0.594. The molecule has 10 nitrogen and oxygen atoms in total. The highest BCUT2D eigenvalue weighted by Crippen LogP contribution is 2.31. The number of carbonyl (C=O) groups is 2. The summed E-state index contributed by atoms with van der Waals surface area (Å²) in [5.74, 6) is -0.884. The van der Waals surface area contributed by atoms with E-state index in [1.54, 1.807) is 13.8 Å². The molecule has 0 radical (unpaired) electrons. The number of likely N-dealkylation sites (tertiary alicyclic amines) is 1. The molecule has 2 saturated heterocycles. The molecule has 0 aromatic carbocycles. The molecule has 0 spiro atoms. The first-order valence-electron chi connectivity index (χ1n) is 12.5. The van der Waals surface area contributed by atoms with Crippen molar-refractivity contribution in [2.24, 2.45) is 0 Å². The minimum Gasteiger partial charge on any atom is -0.478 e. The predicted molar refractivity (Wildman–Crippen MR) is 137 cm³/mol. The number of aromatic carboxylic acids is 1. The summed E-state index contributed by atoms with van der Waals surface area (Å²) >= 11 is 0. The Morgan fingerprint density at radius 2 is 1.33 bits per heavy atom. The lowest BCUT2D eigenvalue weighted by atomic mass is 9.86. The van der Waals surface area contributed by atoms with Crippen molar-refractivity contribution in [3.05, 3.63) is 46.6 Å². The molecule has 2 aliphatic heterocycles. The van der Waals surface area contributed by atoms with Gasteiger partial charge in [-0.15, -0.1) is 0 Å². The highest BCUT2D eigenvalue weighted by Gasteiger charge is 2.39. The summed E-state index contributed by atoms with van der Waals surface area (Å²) in [5.41, 5.74) is 3.64. The Balaban J connectivity index is 0.000000275. The summed E-state index contributed by atoms with van der Waals surface area (Å²) in [4.78, 5) is 46.5. The van der Waals surface area contributed by atoms with Crippen LogP contribution >= 0.6 is 0 Å². The summed E-state index contributed by atoms with van der Waals surface area (Å²) in [7, 11) is 2.21. The van der Waals surface area contributed by atoms with Crippen LogP contribution in [0.1, 0.15) is 70.2 Å². The third-order valence-corrected chi connectivity index (χ3v) is 7.73. The third kappa shape index (κ3) is 6.04. The van der Waals surface area contributed by atoms with Gasteiger partial charge in [0, 0.05) is 44.3 Å². The summed E-state index contributed by atoms with van der Waals surface area (Å²) in [5, 5.41) is 8.67. The Morgan fingerprint density at radius 3 is 1.75 bits per heavy atom. The van der Waals surface area contributed by atoms with Gasteiger partial charge >= 0.3 is 5.97 Å². The van der Waals surface area contributed by atoms with Crippen molar-refractivity contribution in [3.8, 4) is 0 Å². The van der Waals surface area contributed by atoms with Gasteiger partial charge in [-0.25, -0.2) is 24.7 Å². The van der Waals surface area contributed by atoms with Crippen LogP contribution < -0.4 is 0 Å². The maximum atomic E-state index is 12.9. The fourth-order valence-corrected chi connectivity index (χ4v) is 5.01. The van der Waals surface area contributed by atoms with Gasteiger partial charge in [-0.2, -0.15) is 0 Å². The van der Waals surface area contributed by atoms with Crippen LogP contribution in [0.25, 0.3) is 0 Å².